The van der Waals surface area contributed by atoms with Crippen molar-refractivity contribution in [3.63, 3.8) is 0 Å². The van der Waals surface area contributed by atoms with E-state index in [2.05, 4.69) is 193 Å². The Hall–Kier alpha value is -7.16. The van der Waals surface area contributed by atoms with Crippen molar-refractivity contribution in [2.45, 2.75) is 50.9 Å². The number of hydrogen-bond acceptors (Lipinski definition) is 1. The van der Waals surface area contributed by atoms with E-state index in [1.807, 2.05) is 42.5 Å². The Morgan fingerprint density at radius 1 is 0.619 bits per heavy atom. The van der Waals surface area contributed by atoms with Gasteiger partial charge in [0.15, 0.2) is 5.84 Å². The molecule has 4 aliphatic rings. The van der Waals surface area contributed by atoms with Crippen LogP contribution in [0.2, 0.25) is 0 Å². The van der Waals surface area contributed by atoms with E-state index in [1.165, 1.54) is 44.5 Å². The van der Waals surface area contributed by atoms with Gasteiger partial charge in [0.05, 0.1) is 11.4 Å². The third-order valence-electron chi connectivity index (χ3n) is 13.8. The average molecular weight is 813 g/mol. The second-order valence-corrected chi connectivity index (χ2v) is 18.3. The van der Waals surface area contributed by atoms with E-state index in [0.717, 1.165) is 51.1 Å². The summed E-state index contributed by atoms with van der Waals surface area (Å²) in [5.74, 6) is 1.26. The summed E-state index contributed by atoms with van der Waals surface area (Å²) in [5, 5.41) is 0. The first-order chi connectivity index (χ1) is 30.6. The third-order valence-corrected chi connectivity index (χ3v) is 13.8. The van der Waals surface area contributed by atoms with Crippen LogP contribution in [0.15, 0.2) is 223 Å². The molecule has 0 radical (unpaired) electrons. The molecule has 0 fully saturated rings. The Balaban J connectivity index is 1.12. The minimum absolute atomic E-state index is 0.00656. The maximum absolute atomic E-state index is 5.41. The van der Waals surface area contributed by atoms with Crippen LogP contribution in [0.1, 0.15) is 90.1 Å². The molecule has 0 spiro atoms. The van der Waals surface area contributed by atoms with Gasteiger partial charge in [-0.25, -0.2) is 9.98 Å². The van der Waals surface area contributed by atoms with E-state index in [-0.39, 0.29) is 10.8 Å². The minimum atomic E-state index is -0.130. The summed E-state index contributed by atoms with van der Waals surface area (Å²) in [6, 6.07) is 53.9. The van der Waals surface area contributed by atoms with Crippen LogP contribution < -0.4 is 0 Å². The first kappa shape index (κ1) is 39.9. The van der Waals surface area contributed by atoms with E-state index in [9.17, 15) is 0 Å². The molecule has 0 saturated carbocycles. The van der Waals surface area contributed by atoms with E-state index in [4.69, 9.17) is 9.98 Å². The Bertz CT molecular complexity index is 3030. The highest BCUT2D eigenvalue weighted by atomic mass is 14.9. The zero-order valence-corrected chi connectivity index (χ0v) is 36.6. The SMILES string of the molecule is C=CC(=NC(=NC(=C)c1ccccc1)c1ccc(-c2ccccc2)cc1)c1cc(C2=CCC=C3C(=C2)C(C)(C)c2ccccc23)cc(C2=CC3C(C=C2)c2ccccc2C3(C)C)c1. The monoisotopic (exact) mass is 812 g/mol. The maximum Gasteiger partial charge on any atom is 0.160 e. The van der Waals surface area contributed by atoms with Gasteiger partial charge in [-0.1, -0.05) is 205 Å². The lowest BCUT2D eigenvalue weighted by atomic mass is 9.72. The Labute approximate surface area is 373 Å². The van der Waals surface area contributed by atoms with Gasteiger partial charge in [-0.3, -0.25) is 0 Å². The number of nitrogens with zero attached hydrogens (tertiary/aromatic N) is 2. The van der Waals surface area contributed by atoms with Crippen molar-refractivity contribution in [1.82, 2.24) is 0 Å². The quantitative estimate of drug-likeness (QED) is 0.108. The molecule has 0 saturated heterocycles. The highest BCUT2D eigenvalue weighted by Gasteiger charge is 2.45. The highest BCUT2D eigenvalue weighted by molar-refractivity contribution is 6.18. The molecule has 306 valence electrons. The Morgan fingerprint density at radius 3 is 2.02 bits per heavy atom. The number of aliphatic imine (C=N–C) groups is 2. The highest BCUT2D eigenvalue weighted by Crippen LogP contribution is 2.55. The molecule has 2 nitrogen and oxygen atoms in total. The van der Waals surface area contributed by atoms with Gasteiger partial charge in [-0.15, -0.1) is 0 Å². The predicted octanol–water partition coefficient (Wildman–Crippen LogP) is 15.2. The minimum Gasteiger partial charge on any atom is -0.229 e. The summed E-state index contributed by atoms with van der Waals surface area (Å²) in [6.45, 7) is 18.3. The van der Waals surface area contributed by atoms with Crippen molar-refractivity contribution in [3.05, 3.63) is 263 Å². The zero-order valence-electron chi connectivity index (χ0n) is 36.6. The molecular weight excluding hydrogens is 761 g/mol. The third kappa shape index (κ3) is 7.20. The lowest BCUT2D eigenvalue weighted by Gasteiger charge is -2.31. The fraction of sp³-hybridized carbons (Fsp3) is 0.148. The molecule has 0 aromatic heterocycles. The second kappa shape index (κ2) is 15.9. The molecule has 0 heterocycles. The van der Waals surface area contributed by atoms with Gasteiger partial charge in [-0.2, -0.15) is 0 Å². The van der Waals surface area contributed by atoms with Crippen LogP contribution in [0.5, 0.6) is 0 Å². The van der Waals surface area contributed by atoms with Gasteiger partial charge >= 0.3 is 0 Å². The normalized spacial score (nSPS) is 19.3. The molecule has 4 aliphatic carbocycles. The summed E-state index contributed by atoms with van der Waals surface area (Å²) >= 11 is 0. The molecule has 6 aromatic rings. The number of rotatable bonds is 8. The summed E-state index contributed by atoms with van der Waals surface area (Å²) in [5.41, 5.74) is 19.4. The number of amidine groups is 1. The fourth-order valence-corrected chi connectivity index (χ4v) is 10.3. The molecule has 6 aromatic carbocycles. The molecule has 2 atom stereocenters. The van der Waals surface area contributed by atoms with Crippen LogP contribution in [-0.4, -0.2) is 11.5 Å². The number of hydrogen-bond donors (Lipinski definition) is 0. The largest absolute Gasteiger partial charge is 0.229 e. The second-order valence-electron chi connectivity index (χ2n) is 18.3. The fourth-order valence-electron chi connectivity index (χ4n) is 10.3. The van der Waals surface area contributed by atoms with Crippen LogP contribution >= 0.6 is 0 Å². The van der Waals surface area contributed by atoms with Crippen LogP contribution in [0, 0.1) is 5.92 Å². The topological polar surface area (TPSA) is 24.7 Å². The van der Waals surface area contributed by atoms with Crippen LogP contribution in [0.4, 0.5) is 0 Å². The van der Waals surface area contributed by atoms with Crippen molar-refractivity contribution in [2.24, 2.45) is 15.9 Å². The molecule has 2 unspecified atom stereocenters. The van der Waals surface area contributed by atoms with E-state index >= 15 is 0 Å². The van der Waals surface area contributed by atoms with Crippen LogP contribution in [0.3, 0.4) is 0 Å². The van der Waals surface area contributed by atoms with Gasteiger partial charge in [0, 0.05) is 22.5 Å². The number of benzene rings is 6. The van der Waals surface area contributed by atoms with E-state index < -0.39 is 0 Å². The Morgan fingerprint density at radius 2 is 1.27 bits per heavy atom. The van der Waals surface area contributed by atoms with Crippen molar-refractivity contribution in [2.75, 3.05) is 0 Å². The first-order valence-electron chi connectivity index (χ1n) is 22.2. The van der Waals surface area contributed by atoms with Gasteiger partial charge in [0.2, 0.25) is 0 Å². The lowest BCUT2D eigenvalue weighted by Crippen LogP contribution is -2.25. The Kier molecular flexibility index (Phi) is 10.1. The molecule has 0 N–H and O–H groups in total. The predicted molar refractivity (Wildman–Crippen MR) is 268 cm³/mol. The van der Waals surface area contributed by atoms with Crippen LogP contribution in [-0.2, 0) is 10.8 Å². The summed E-state index contributed by atoms with van der Waals surface area (Å²) in [7, 11) is 0. The van der Waals surface area contributed by atoms with Gasteiger partial charge in [0.25, 0.3) is 0 Å². The molecule has 63 heavy (non-hydrogen) atoms. The number of fused-ring (bicyclic) bond motifs is 6. The van der Waals surface area contributed by atoms with Crippen molar-refractivity contribution in [1.29, 1.82) is 0 Å². The summed E-state index contributed by atoms with van der Waals surface area (Å²) in [6.07, 6.45) is 17.2. The molecule has 0 bridgehead atoms. The standard InChI is InChI=1S/C61H52N2/c1-7-58(63-59(62-40(2)41-19-10-8-11-20-41)44-31-29-43(30-32-44)42-21-12-9-13-22-42)49-36-47(45-23-18-26-52-50-24-14-16-27-54(50)60(3,4)56(52)38-45)35-48(37-49)46-33-34-53-51-25-15-17-28-55(51)61(5,6)57(53)39-46/h7-17,19-39,53,57H,1-2,18H2,3-6H3. The maximum atomic E-state index is 5.41. The first-order valence-corrected chi connectivity index (χ1v) is 22.2. The number of allylic oxidation sites excluding steroid dienone is 11. The zero-order chi connectivity index (χ0) is 43.3. The average Bonchev–Trinajstić information content (AvgIpc) is 3.52. The van der Waals surface area contributed by atoms with Crippen molar-refractivity contribution < 1.29 is 0 Å². The van der Waals surface area contributed by atoms with Crippen molar-refractivity contribution >= 4 is 34.0 Å². The van der Waals surface area contributed by atoms with Crippen LogP contribution in [0.25, 0.3) is 33.5 Å². The smallest absolute Gasteiger partial charge is 0.160 e. The van der Waals surface area contributed by atoms with Gasteiger partial charge in [-0.05, 0) is 120 Å². The summed E-state index contributed by atoms with van der Waals surface area (Å²) < 4.78 is 0. The molecule has 2 heteroatoms. The van der Waals surface area contributed by atoms with E-state index in [0.29, 0.717) is 23.4 Å². The van der Waals surface area contributed by atoms with E-state index in [1.54, 1.807) is 0 Å². The molecular formula is C61H52N2. The summed E-state index contributed by atoms with van der Waals surface area (Å²) in [4.78, 5) is 10.6. The molecule has 10 rings (SSSR count). The van der Waals surface area contributed by atoms with Gasteiger partial charge < -0.3 is 0 Å². The van der Waals surface area contributed by atoms with Crippen molar-refractivity contribution in [3.8, 4) is 11.1 Å². The van der Waals surface area contributed by atoms with Gasteiger partial charge in [0.1, 0.15) is 0 Å². The molecule has 0 amide bonds. The lowest BCUT2D eigenvalue weighted by molar-refractivity contribution is 0.395. The molecule has 0 aliphatic heterocycles.